The Kier molecular flexibility index (Phi) is 6.15. The lowest BCUT2D eigenvalue weighted by Crippen LogP contribution is -2.41. The molecular weight excluding hydrogens is 290 g/mol. The summed E-state index contributed by atoms with van der Waals surface area (Å²) >= 11 is 0. The number of aliphatic hydroxyl groups is 1. The first-order chi connectivity index (χ1) is 9.92. The summed E-state index contributed by atoms with van der Waals surface area (Å²) in [5.41, 5.74) is 6.13. The van der Waals surface area contributed by atoms with Gasteiger partial charge >= 0.3 is 0 Å². The van der Waals surface area contributed by atoms with Crippen molar-refractivity contribution in [3.63, 3.8) is 0 Å². The molecule has 0 radical (unpaired) electrons. The van der Waals surface area contributed by atoms with E-state index >= 15 is 0 Å². The highest BCUT2D eigenvalue weighted by molar-refractivity contribution is 7.89. The van der Waals surface area contributed by atoms with E-state index in [1.54, 1.807) is 0 Å². The van der Waals surface area contributed by atoms with Crippen molar-refractivity contribution in [3.8, 4) is 6.07 Å². The monoisotopic (exact) mass is 311 g/mol. The maximum Gasteiger partial charge on any atom is 0.245 e. The number of nitrogen functional groups attached to an aromatic ring is 1. The van der Waals surface area contributed by atoms with Crippen LogP contribution < -0.4 is 5.73 Å². The molecule has 0 saturated heterocycles. The average Bonchev–Trinajstić information content (AvgIpc) is 2.47. The van der Waals surface area contributed by atoms with Gasteiger partial charge in [0.1, 0.15) is 4.90 Å². The second-order valence-corrected chi connectivity index (χ2v) is 6.53. The molecule has 0 aliphatic heterocycles. The Hall–Kier alpha value is -1.62. The molecule has 0 bridgehead atoms. The maximum absolute atomic E-state index is 12.8. The lowest BCUT2D eigenvalue weighted by Gasteiger charge is -2.29. The molecule has 1 rings (SSSR count). The SMILES string of the molecule is CCC(CC)N(CCO)S(=O)(=O)c1ccc(C#N)cc1N. The fraction of sp³-hybridized carbons (Fsp3) is 0.500. The molecule has 116 valence electrons. The average molecular weight is 311 g/mol. The van der Waals surface area contributed by atoms with Crippen LogP contribution in [-0.4, -0.2) is 37.0 Å². The first-order valence-corrected chi connectivity index (χ1v) is 8.28. The molecule has 21 heavy (non-hydrogen) atoms. The fourth-order valence-electron chi connectivity index (χ4n) is 2.27. The van der Waals surface area contributed by atoms with Crippen molar-refractivity contribution in [3.05, 3.63) is 23.8 Å². The lowest BCUT2D eigenvalue weighted by atomic mass is 10.2. The summed E-state index contributed by atoms with van der Waals surface area (Å²) in [7, 11) is -3.80. The molecule has 0 heterocycles. The van der Waals surface area contributed by atoms with Crippen molar-refractivity contribution < 1.29 is 13.5 Å². The molecule has 1 aromatic rings. The van der Waals surface area contributed by atoms with Gasteiger partial charge in [0.05, 0.1) is 23.9 Å². The molecule has 0 saturated carbocycles. The Morgan fingerprint density at radius 1 is 1.38 bits per heavy atom. The van der Waals surface area contributed by atoms with Gasteiger partial charge in [-0.1, -0.05) is 13.8 Å². The van der Waals surface area contributed by atoms with Gasteiger partial charge in [0, 0.05) is 12.6 Å². The number of anilines is 1. The van der Waals surface area contributed by atoms with E-state index in [1.807, 2.05) is 19.9 Å². The van der Waals surface area contributed by atoms with Gasteiger partial charge in [0.25, 0.3) is 0 Å². The highest BCUT2D eigenvalue weighted by Crippen LogP contribution is 2.26. The van der Waals surface area contributed by atoms with Crippen molar-refractivity contribution in [1.29, 1.82) is 5.26 Å². The zero-order valence-electron chi connectivity index (χ0n) is 12.3. The molecule has 7 heteroatoms. The Morgan fingerprint density at radius 3 is 2.43 bits per heavy atom. The molecule has 0 aromatic heterocycles. The van der Waals surface area contributed by atoms with Gasteiger partial charge in [0.15, 0.2) is 0 Å². The van der Waals surface area contributed by atoms with E-state index < -0.39 is 10.0 Å². The largest absolute Gasteiger partial charge is 0.398 e. The summed E-state index contributed by atoms with van der Waals surface area (Å²) in [5, 5.41) is 18.0. The molecule has 0 fully saturated rings. The number of nitrogens with zero attached hydrogens (tertiary/aromatic N) is 2. The standard InChI is InChI=1S/C14H21N3O3S/c1-3-12(4-2)17(7-8-18)21(19,20)14-6-5-11(10-15)9-13(14)16/h5-6,9,12,18H,3-4,7-8,16H2,1-2H3. The number of benzene rings is 1. The van der Waals surface area contributed by atoms with Crippen LogP contribution in [0.4, 0.5) is 5.69 Å². The van der Waals surface area contributed by atoms with Crippen molar-refractivity contribution in [2.45, 2.75) is 37.6 Å². The van der Waals surface area contributed by atoms with Crippen LogP contribution in [0.25, 0.3) is 0 Å². The highest BCUT2D eigenvalue weighted by atomic mass is 32.2. The van der Waals surface area contributed by atoms with Gasteiger partial charge in [-0.25, -0.2) is 8.42 Å². The first-order valence-electron chi connectivity index (χ1n) is 6.84. The zero-order valence-corrected chi connectivity index (χ0v) is 13.1. The van der Waals surface area contributed by atoms with Crippen molar-refractivity contribution in [1.82, 2.24) is 4.31 Å². The molecule has 0 atom stereocenters. The summed E-state index contributed by atoms with van der Waals surface area (Å²) in [6.45, 7) is 3.56. The first kappa shape index (κ1) is 17.4. The van der Waals surface area contributed by atoms with E-state index in [0.717, 1.165) is 0 Å². The molecule has 1 aromatic carbocycles. The molecule has 0 spiro atoms. The third-order valence-corrected chi connectivity index (χ3v) is 5.42. The highest BCUT2D eigenvalue weighted by Gasteiger charge is 2.30. The minimum atomic E-state index is -3.80. The van der Waals surface area contributed by atoms with Gasteiger partial charge in [-0.15, -0.1) is 0 Å². The molecule has 0 amide bonds. The summed E-state index contributed by atoms with van der Waals surface area (Å²) in [4.78, 5) is -0.0261. The van der Waals surface area contributed by atoms with Crippen LogP contribution in [0, 0.1) is 11.3 Å². The van der Waals surface area contributed by atoms with Crippen LogP contribution in [0.15, 0.2) is 23.1 Å². The Morgan fingerprint density at radius 2 is 2.00 bits per heavy atom. The Labute approximate surface area is 125 Å². The summed E-state index contributed by atoms with van der Waals surface area (Å²) in [6.07, 6.45) is 1.29. The second-order valence-electron chi connectivity index (χ2n) is 4.67. The minimum Gasteiger partial charge on any atom is -0.398 e. The normalized spacial score (nSPS) is 11.8. The quantitative estimate of drug-likeness (QED) is 0.738. The summed E-state index contributed by atoms with van der Waals surface area (Å²) in [6, 6.07) is 5.83. The number of sulfonamides is 1. The van der Waals surface area contributed by atoms with E-state index in [-0.39, 0.29) is 29.8 Å². The second kappa shape index (κ2) is 7.41. The minimum absolute atomic E-state index is 0.0219. The predicted molar refractivity (Wildman–Crippen MR) is 80.9 cm³/mol. The lowest BCUT2D eigenvalue weighted by molar-refractivity contribution is 0.219. The van der Waals surface area contributed by atoms with Crippen LogP contribution in [0.1, 0.15) is 32.3 Å². The Bertz CT molecular complexity index is 619. The number of nitriles is 1. The van der Waals surface area contributed by atoms with Crippen molar-refractivity contribution in [2.24, 2.45) is 0 Å². The molecule has 6 nitrogen and oxygen atoms in total. The zero-order chi connectivity index (χ0) is 16.0. The third-order valence-electron chi connectivity index (χ3n) is 3.40. The maximum atomic E-state index is 12.8. The van der Waals surface area contributed by atoms with Crippen molar-refractivity contribution in [2.75, 3.05) is 18.9 Å². The van der Waals surface area contributed by atoms with Crippen LogP contribution >= 0.6 is 0 Å². The third kappa shape index (κ3) is 3.73. The Balaban J connectivity index is 3.32. The molecule has 0 aliphatic carbocycles. The van der Waals surface area contributed by atoms with E-state index in [2.05, 4.69) is 0 Å². The van der Waals surface area contributed by atoms with Gasteiger partial charge in [-0.3, -0.25) is 0 Å². The van der Waals surface area contributed by atoms with Crippen molar-refractivity contribution >= 4 is 15.7 Å². The van der Waals surface area contributed by atoms with E-state index in [0.29, 0.717) is 18.4 Å². The topological polar surface area (TPSA) is 107 Å². The number of aliphatic hydroxyl groups excluding tert-OH is 1. The van der Waals surface area contributed by atoms with Crippen LogP contribution in [0.2, 0.25) is 0 Å². The van der Waals surface area contributed by atoms with Gasteiger partial charge in [0.2, 0.25) is 10.0 Å². The van der Waals surface area contributed by atoms with Crippen LogP contribution in [0.5, 0.6) is 0 Å². The van der Waals surface area contributed by atoms with Gasteiger partial charge < -0.3 is 10.8 Å². The van der Waals surface area contributed by atoms with Gasteiger partial charge in [-0.05, 0) is 31.0 Å². The smallest absolute Gasteiger partial charge is 0.245 e. The van der Waals surface area contributed by atoms with E-state index in [4.69, 9.17) is 16.1 Å². The molecule has 3 N–H and O–H groups in total. The fourth-order valence-corrected chi connectivity index (χ4v) is 4.13. The summed E-state index contributed by atoms with van der Waals surface area (Å²) in [5.74, 6) is 0. The molecular formula is C14H21N3O3S. The predicted octanol–water partition coefficient (Wildman–Crippen LogP) is 1.31. The number of hydrogen-bond acceptors (Lipinski definition) is 5. The van der Waals surface area contributed by atoms with Crippen LogP contribution in [-0.2, 0) is 10.0 Å². The number of hydrogen-bond donors (Lipinski definition) is 2. The van der Waals surface area contributed by atoms with Gasteiger partial charge in [-0.2, -0.15) is 9.57 Å². The van der Waals surface area contributed by atoms with Crippen LogP contribution in [0.3, 0.4) is 0 Å². The van der Waals surface area contributed by atoms with E-state index in [9.17, 15) is 8.42 Å². The van der Waals surface area contributed by atoms with E-state index in [1.165, 1.54) is 22.5 Å². The molecule has 0 aliphatic rings. The molecule has 0 unspecified atom stereocenters. The summed E-state index contributed by atoms with van der Waals surface area (Å²) < 4.78 is 26.8. The number of nitrogens with two attached hydrogens (primary N) is 1. The number of rotatable bonds is 7.